The van der Waals surface area contributed by atoms with Gasteiger partial charge in [0.25, 0.3) is 0 Å². The minimum atomic E-state index is -0.203. The van der Waals surface area contributed by atoms with Crippen molar-refractivity contribution in [2.24, 2.45) is 7.05 Å². The summed E-state index contributed by atoms with van der Waals surface area (Å²) in [5, 5.41) is 10.5. The molecule has 0 saturated carbocycles. The second kappa shape index (κ2) is 7.17. The molecule has 1 aliphatic heterocycles. The van der Waals surface area contributed by atoms with E-state index in [0.29, 0.717) is 0 Å². The highest BCUT2D eigenvalue weighted by molar-refractivity contribution is 5.89. The lowest BCUT2D eigenvalue weighted by atomic mass is 10.0. The zero-order chi connectivity index (χ0) is 18.0. The van der Waals surface area contributed by atoms with Crippen LogP contribution in [-0.2, 0) is 13.5 Å². The molecule has 1 aromatic carbocycles. The molecule has 6 heteroatoms. The molecule has 6 nitrogen and oxygen atoms in total. The molecule has 0 saturated heterocycles. The Hall–Kier alpha value is -2.50. The monoisotopic (exact) mass is 342 g/mol. The number of carbonyl (C=O) groups is 1. The van der Waals surface area contributed by atoms with Crippen LogP contribution < -0.4 is 15.4 Å². The van der Waals surface area contributed by atoms with Gasteiger partial charge in [0, 0.05) is 24.0 Å². The predicted molar refractivity (Wildman–Crippen MR) is 98.1 cm³/mol. The summed E-state index contributed by atoms with van der Waals surface area (Å²) < 4.78 is 7.47. The number of amides is 2. The average molecular weight is 342 g/mol. The highest BCUT2D eigenvalue weighted by Gasteiger charge is 2.21. The summed E-state index contributed by atoms with van der Waals surface area (Å²) >= 11 is 0. The highest BCUT2D eigenvalue weighted by atomic mass is 16.5. The van der Waals surface area contributed by atoms with Gasteiger partial charge in [0.05, 0.1) is 18.3 Å². The second-order valence-corrected chi connectivity index (χ2v) is 6.54. The fourth-order valence-corrected chi connectivity index (χ4v) is 3.44. The fourth-order valence-electron chi connectivity index (χ4n) is 3.44. The molecule has 1 aromatic heterocycles. The standard InChI is InChI=1S/C19H26N4O2/c1-5-16(18-12(2)22-23(4)13(18)3)21-19(24)20-15-8-9-17-14(11-15)7-6-10-25-17/h8-9,11,16H,5-7,10H2,1-4H3,(H2,20,21,24). The van der Waals surface area contributed by atoms with Crippen molar-refractivity contribution in [3.05, 3.63) is 40.7 Å². The maximum Gasteiger partial charge on any atom is 0.319 e. The van der Waals surface area contributed by atoms with Crippen LogP contribution in [0.4, 0.5) is 10.5 Å². The maximum atomic E-state index is 12.5. The molecule has 0 spiro atoms. The molecule has 25 heavy (non-hydrogen) atoms. The van der Waals surface area contributed by atoms with E-state index in [1.807, 2.05) is 43.8 Å². The molecule has 1 aliphatic rings. The van der Waals surface area contributed by atoms with E-state index in [4.69, 9.17) is 4.74 Å². The minimum absolute atomic E-state index is 0.0605. The number of nitrogens with one attached hydrogen (secondary N) is 2. The molecule has 2 N–H and O–H groups in total. The summed E-state index contributed by atoms with van der Waals surface area (Å²) in [5.74, 6) is 0.922. The number of aryl methyl sites for hydroxylation is 3. The van der Waals surface area contributed by atoms with Crippen molar-refractivity contribution in [2.45, 2.75) is 46.1 Å². The molecule has 2 aromatic rings. The zero-order valence-electron chi connectivity index (χ0n) is 15.3. The molecule has 2 amide bonds. The lowest BCUT2D eigenvalue weighted by molar-refractivity contribution is 0.248. The first-order valence-corrected chi connectivity index (χ1v) is 8.83. The number of carbonyl (C=O) groups excluding carboxylic acids is 1. The summed E-state index contributed by atoms with van der Waals surface area (Å²) in [6.07, 6.45) is 2.80. The van der Waals surface area contributed by atoms with Gasteiger partial charge in [-0.2, -0.15) is 5.10 Å². The largest absolute Gasteiger partial charge is 0.493 e. The van der Waals surface area contributed by atoms with E-state index in [2.05, 4.69) is 22.7 Å². The lowest BCUT2D eigenvalue weighted by Crippen LogP contribution is -2.33. The van der Waals surface area contributed by atoms with Crippen LogP contribution in [0.15, 0.2) is 18.2 Å². The third-order valence-electron chi connectivity index (χ3n) is 4.79. The van der Waals surface area contributed by atoms with Crippen LogP contribution in [0, 0.1) is 13.8 Å². The van der Waals surface area contributed by atoms with Gasteiger partial charge >= 0.3 is 6.03 Å². The molecular formula is C19H26N4O2. The SMILES string of the molecule is CCC(NC(=O)Nc1ccc2c(c1)CCCO2)c1c(C)nn(C)c1C. The van der Waals surface area contributed by atoms with Crippen molar-refractivity contribution in [3.63, 3.8) is 0 Å². The highest BCUT2D eigenvalue weighted by Crippen LogP contribution is 2.28. The van der Waals surface area contributed by atoms with Crippen molar-refractivity contribution >= 4 is 11.7 Å². The van der Waals surface area contributed by atoms with Gasteiger partial charge in [0.1, 0.15) is 5.75 Å². The number of fused-ring (bicyclic) bond motifs is 1. The Balaban J connectivity index is 1.70. The number of hydrogen-bond donors (Lipinski definition) is 2. The summed E-state index contributed by atoms with van der Waals surface area (Å²) in [7, 11) is 1.92. The second-order valence-electron chi connectivity index (χ2n) is 6.54. The normalized spacial score (nSPS) is 14.4. The smallest absolute Gasteiger partial charge is 0.319 e. The van der Waals surface area contributed by atoms with Gasteiger partial charge in [-0.3, -0.25) is 4.68 Å². The minimum Gasteiger partial charge on any atom is -0.493 e. The Morgan fingerprint density at radius 3 is 2.88 bits per heavy atom. The molecular weight excluding hydrogens is 316 g/mol. The molecule has 0 fully saturated rings. The Morgan fingerprint density at radius 2 is 2.20 bits per heavy atom. The molecule has 3 rings (SSSR count). The first-order chi connectivity index (χ1) is 12.0. The van der Waals surface area contributed by atoms with Crippen molar-refractivity contribution < 1.29 is 9.53 Å². The molecule has 134 valence electrons. The molecule has 0 aliphatic carbocycles. The molecule has 1 unspecified atom stereocenters. The van der Waals surface area contributed by atoms with E-state index in [0.717, 1.165) is 59.8 Å². The van der Waals surface area contributed by atoms with Gasteiger partial charge in [-0.1, -0.05) is 6.92 Å². The number of ether oxygens (including phenoxy) is 1. The topological polar surface area (TPSA) is 68.2 Å². The van der Waals surface area contributed by atoms with E-state index in [9.17, 15) is 4.79 Å². The molecule has 2 heterocycles. The first-order valence-electron chi connectivity index (χ1n) is 8.83. The van der Waals surface area contributed by atoms with Crippen molar-refractivity contribution in [1.29, 1.82) is 0 Å². The molecule has 0 radical (unpaired) electrons. The van der Waals surface area contributed by atoms with Crippen LogP contribution in [0.3, 0.4) is 0 Å². The van der Waals surface area contributed by atoms with E-state index in [1.54, 1.807) is 0 Å². The summed E-state index contributed by atoms with van der Waals surface area (Å²) in [4.78, 5) is 12.5. The van der Waals surface area contributed by atoms with Gasteiger partial charge < -0.3 is 15.4 Å². The average Bonchev–Trinajstić information content (AvgIpc) is 2.85. The van der Waals surface area contributed by atoms with Crippen molar-refractivity contribution in [1.82, 2.24) is 15.1 Å². The molecule has 0 bridgehead atoms. The Labute approximate surface area is 148 Å². The fraction of sp³-hybridized carbons (Fsp3) is 0.474. The van der Waals surface area contributed by atoms with E-state index in [1.165, 1.54) is 0 Å². The third-order valence-corrected chi connectivity index (χ3v) is 4.79. The van der Waals surface area contributed by atoms with E-state index in [-0.39, 0.29) is 12.1 Å². The van der Waals surface area contributed by atoms with Crippen molar-refractivity contribution in [2.75, 3.05) is 11.9 Å². The number of anilines is 1. The quantitative estimate of drug-likeness (QED) is 0.891. The Bertz CT molecular complexity index is 782. The van der Waals surface area contributed by atoms with Gasteiger partial charge in [-0.05, 0) is 56.9 Å². The van der Waals surface area contributed by atoms with Crippen LogP contribution >= 0.6 is 0 Å². The molecule has 1 atom stereocenters. The van der Waals surface area contributed by atoms with Gasteiger partial charge in [-0.25, -0.2) is 4.79 Å². The maximum absolute atomic E-state index is 12.5. The van der Waals surface area contributed by atoms with Crippen LogP contribution in [0.5, 0.6) is 5.75 Å². The Morgan fingerprint density at radius 1 is 1.40 bits per heavy atom. The van der Waals surface area contributed by atoms with Crippen LogP contribution in [0.1, 0.15) is 48.3 Å². The number of aromatic nitrogens is 2. The summed E-state index contributed by atoms with van der Waals surface area (Å²) in [6, 6.07) is 5.54. The van der Waals surface area contributed by atoms with Gasteiger partial charge in [0.15, 0.2) is 0 Å². The number of nitrogens with zero attached hydrogens (tertiary/aromatic N) is 2. The Kier molecular flexibility index (Phi) is 4.97. The van der Waals surface area contributed by atoms with Gasteiger partial charge in [0.2, 0.25) is 0 Å². The number of rotatable bonds is 4. The zero-order valence-corrected chi connectivity index (χ0v) is 15.3. The van der Waals surface area contributed by atoms with Crippen LogP contribution in [-0.4, -0.2) is 22.4 Å². The number of hydrogen-bond acceptors (Lipinski definition) is 3. The third kappa shape index (κ3) is 3.62. The van der Waals surface area contributed by atoms with E-state index >= 15 is 0 Å². The summed E-state index contributed by atoms with van der Waals surface area (Å²) in [6.45, 7) is 6.84. The van der Waals surface area contributed by atoms with Crippen molar-refractivity contribution in [3.8, 4) is 5.75 Å². The predicted octanol–water partition coefficient (Wildman–Crippen LogP) is 3.63. The van der Waals surface area contributed by atoms with Gasteiger partial charge in [-0.15, -0.1) is 0 Å². The van der Waals surface area contributed by atoms with Crippen LogP contribution in [0.2, 0.25) is 0 Å². The lowest BCUT2D eigenvalue weighted by Gasteiger charge is -2.20. The summed E-state index contributed by atoms with van der Waals surface area (Å²) in [5.41, 5.74) is 5.07. The first kappa shape index (κ1) is 17.3. The number of benzene rings is 1. The van der Waals surface area contributed by atoms with E-state index < -0.39 is 0 Å². The number of urea groups is 1. The van der Waals surface area contributed by atoms with Crippen LogP contribution in [0.25, 0.3) is 0 Å².